The van der Waals surface area contributed by atoms with E-state index < -0.39 is 0 Å². The minimum absolute atomic E-state index is 0.814. The molecule has 4 saturated carbocycles. The highest BCUT2D eigenvalue weighted by atomic mass is 15.0. The van der Waals surface area contributed by atoms with Crippen LogP contribution in [0.15, 0.2) is 24.5 Å². The van der Waals surface area contributed by atoms with Gasteiger partial charge in [0.15, 0.2) is 0 Å². The van der Waals surface area contributed by atoms with Gasteiger partial charge in [-0.3, -0.25) is 4.98 Å². The molecule has 2 nitrogen and oxygen atoms in total. The van der Waals surface area contributed by atoms with Crippen LogP contribution < -0.4 is 5.32 Å². The third kappa shape index (κ3) is 1.11. The molecular weight excluding hydrogens is 220 g/mol. The van der Waals surface area contributed by atoms with Crippen molar-refractivity contribution < 1.29 is 0 Å². The predicted molar refractivity (Wildman–Crippen MR) is 69.7 cm³/mol. The largest absolute Gasteiger partial charge is 0.309 e. The van der Waals surface area contributed by atoms with Crippen LogP contribution in [0.2, 0.25) is 0 Å². The lowest BCUT2D eigenvalue weighted by Crippen LogP contribution is -2.44. The highest BCUT2D eigenvalue weighted by Crippen LogP contribution is 2.80. The van der Waals surface area contributed by atoms with E-state index in [0.717, 1.165) is 41.7 Å². The molecule has 6 atom stereocenters. The van der Waals surface area contributed by atoms with Crippen LogP contribution in [0.3, 0.4) is 0 Å². The van der Waals surface area contributed by atoms with Gasteiger partial charge in [0.25, 0.3) is 0 Å². The van der Waals surface area contributed by atoms with E-state index in [9.17, 15) is 0 Å². The molecule has 0 aliphatic heterocycles. The summed E-state index contributed by atoms with van der Waals surface area (Å²) in [5.41, 5.74) is 2.17. The average molecular weight is 240 g/mol. The van der Waals surface area contributed by atoms with Gasteiger partial charge in [-0.15, -0.1) is 0 Å². The molecule has 2 bridgehead atoms. The van der Waals surface area contributed by atoms with Gasteiger partial charge in [0.2, 0.25) is 0 Å². The van der Waals surface area contributed by atoms with E-state index in [4.69, 9.17) is 0 Å². The Bertz CT molecular complexity index is 483. The van der Waals surface area contributed by atoms with Crippen molar-refractivity contribution in [2.45, 2.75) is 38.3 Å². The van der Waals surface area contributed by atoms with Crippen LogP contribution in [0.1, 0.15) is 31.2 Å². The first kappa shape index (κ1) is 9.96. The lowest BCUT2D eigenvalue weighted by atomic mass is 9.61. The van der Waals surface area contributed by atoms with Crippen molar-refractivity contribution in [3.8, 4) is 0 Å². The summed E-state index contributed by atoms with van der Waals surface area (Å²) in [5.74, 6) is 4.27. The molecule has 5 rings (SSSR count). The summed E-state index contributed by atoms with van der Waals surface area (Å²) < 4.78 is 0. The maximum atomic E-state index is 4.21. The van der Waals surface area contributed by atoms with Gasteiger partial charge in [-0.05, 0) is 66.4 Å². The van der Waals surface area contributed by atoms with Crippen LogP contribution in [0.5, 0.6) is 0 Å². The normalized spacial score (nSPS) is 50.6. The fourth-order valence-electron chi connectivity index (χ4n) is 5.74. The molecule has 0 radical (unpaired) electrons. The van der Waals surface area contributed by atoms with E-state index in [1.54, 1.807) is 6.42 Å². The fraction of sp³-hybridized carbons (Fsp3) is 0.688. The molecule has 0 aromatic carbocycles. The summed E-state index contributed by atoms with van der Waals surface area (Å²) in [4.78, 5) is 4.21. The van der Waals surface area contributed by atoms with Crippen LogP contribution in [0.25, 0.3) is 0 Å². The Labute approximate surface area is 108 Å². The lowest BCUT2D eigenvalue weighted by Gasteiger charge is -2.45. The molecular formula is C16H20N2. The van der Waals surface area contributed by atoms with Gasteiger partial charge < -0.3 is 5.32 Å². The Morgan fingerprint density at radius 2 is 2.22 bits per heavy atom. The van der Waals surface area contributed by atoms with Crippen LogP contribution in [0, 0.1) is 29.1 Å². The third-order valence-electron chi connectivity index (χ3n) is 6.50. The number of aromatic nitrogens is 1. The first-order chi connectivity index (χ1) is 8.87. The Hall–Kier alpha value is -0.890. The lowest BCUT2D eigenvalue weighted by molar-refractivity contribution is 0.0457. The standard InChI is InChI=1S/C16H20N2/c1-2-10(8-17-3-1)9-18-15-11-4-12-6-16(7-14(15)16)13(12)5-11/h1-3,8,11-15,18H,4-7,9H2. The smallest absolute Gasteiger partial charge is 0.0312 e. The van der Waals surface area contributed by atoms with Crippen molar-refractivity contribution in [3.05, 3.63) is 30.1 Å². The van der Waals surface area contributed by atoms with Gasteiger partial charge in [0.05, 0.1) is 0 Å². The van der Waals surface area contributed by atoms with Gasteiger partial charge in [-0.2, -0.15) is 0 Å². The van der Waals surface area contributed by atoms with Crippen molar-refractivity contribution in [2.24, 2.45) is 29.1 Å². The molecule has 1 spiro atoms. The van der Waals surface area contributed by atoms with Crippen LogP contribution in [-0.4, -0.2) is 11.0 Å². The monoisotopic (exact) mass is 240 g/mol. The van der Waals surface area contributed by atoms with Crippen molar-refractivity contribution in [1.29, 1.82) is 0 Å². The SMILES string of the molecule is c1cncc(CNC2C3CC4CC5(CC25)C4C3)c1. The minimum Gasteiger partial charge on any atom is -0.309 e. The summed E-state index contributed by atoms with van der Waals surface area (Å²) in [6.45, 7) is 1.01. The van der Waals surface area contributed by atoms with Gasteiger partial charge >= 0.3 is 0 Å². The molecule has 94 valence electrons. The Kier molecular flexibility index (Phi) is 1.75. The molecule has 2 heteroatoms. The molecule has 1 heterocycles. The number of fused-ring (bicyclic) bond motifs is 1. The molecule has 1 N–H and O–H groups in total. The van der Waals surface area contributed by atoms with Crippen molar-refractivity contribution in [3.63, 3.8) is 0 Å². The van der Waals surface area contributed by atoms with E-state index in [2.05, 4.69) is 16.4 Å². The van der Waals surface area contributed by atoms with Crippen LogP contribution in [0.4, 0.5) is 0 Å². The highest BCUT2D eigenvalue weighted by Gasteiger charge is 2.75. The van der Waals surface area contributed by atoms with E-state index in [1.165, 1.54) is 24.8 Å². The Morgan fingerprint density at radius 1 is 1.22 bits per heavy atom. The third-order valence-corrected chi connectivity index (χ3v) is 6.50. The zero-order valence-corrected chi connectivity index (χ0v) is 10.7. The minimum atomic E-state index is 0.814. The maximum Gasteiger partial charge on any atom is 0.0312 e. The van der Waals surface area contributed by atoms with Crippen molar-refractivity contribution >= 4 is 0 Å². The summed E-state index contributed by atoms with van der Waals surface area (Å²) in [5, 5.41) is 3.87. The van der Waals surface area contributed by atoms with E-state index in [1.807, 2.05) is 18.5 Å². The molecule has 1 aromatic heterocycles. The van der Waals surface area contributed by atoms with E-state index in [0.29, 0.717) is 0 Å². The van der Waals surface area contributed by atoms with Gasteiger partial charge in [0, 0.05) is 25.0 Å². The number of hydrogen-bond acceptors (Lipinski definition) is 2. The molecule has 4 aliphatic rings. The second-order valence-electron chi connectivity index (χ2n) is 7.11. The number of hydrogen-bond donors (Lipinski definition) is 1. The van der Waals surface area contributed by atoms with Gasteiger partial charge in [0.1, 0.15) is 0 Å². The summed E-state index contributed by atoms with van der Waals surface area (Å²) >= 11 is 0. The van der Waals surface area contributed by atoms with Crippen molar-refractivity contribution in [1.82, 2.24) is 10.3 Å². The molecule has 4 aliphatic carbocycles. The quantitative estimate of drug-likeness (QED) is 0.878. The molecule has 18 heavy (non-hydrogen) atoms. The number of nitrogens with one attached hydrogen (secondary N) is 1. The number of rotatable bonds is 3. The molecule has 1 aromatic rings. The van der Waals surface area contributed by atoms with Crippen LogP contribution >= 0.6 is 0 Å². The first-order valence-corrected chi connectivity index (χ1v) is 7.49. The second-order valence-corrected chi connectivity index (χ2v) is 7.11. The van der Waals surface area contributed by atoms with Crippen LogP contribution in [-0.2, 0) is 6.54 Å². The van der Waals surface area contributed by atoms with Crippen molar-refractivity contribution in [2.75, 3.05) is 0 Å². The predicted octanol–water partition coefficient (Wildman–Crippen LogP) is 2.61. The fourth-order valence-corrected chi connectivity index (χ4v) is 5.74. The maximum absolute atomic E-state index is 4.21. The number of pyridine rings is 1. The van der Waals surface area contributed by atoms with Gasteiger partial charge in [-0.25, -0.2) is 0 Å². The molecule has 4 fully saturated rings. The topological polar surface area (TPSA) is 24.9 Å². The first-order valence-electron chi connectivity index (χ1n) is 7.49. The van der Waals surface area contributed by atoms with E-state index in [-0.39, 0.29) is 0 Å². The zero-order chi connectivity index (χ0) is 11.7. The summed E-state index contributed by atoms with van der Waals surface area (Å²) in [7, 11) is 0. The second kappa shape index (κ2) is 3.16. The average Bonchev–Trinajstić information content (AvgIpc) is 3.07. The zero-order valence-electron chi connectivity index (χ0n) is 10.7. The Morgan fingerprint density at radius 3 is 3.11 bits per heavy atom. The molecule has 0 saturated heterocycles. The molecule has 0 amide bonds. The van der Waals surface area contributed by atoms with Gasteiger partial charge in [-0.1, -0.05) is 6.07 Å². The molecule has 6 unspecified atom stereocenters. The number of nitrogens with zero attached hydrogens (tertiary/aromatic N) is 1. The summed E-state index contributed by atoms with van der Waals surface area (Å²) in [6.07, 6.45) is 10.0. The Balaban J connectivity index is 1.33. The van der Waals surface area contributed by atoms with E-state index >= 15 is 0 Å². The highest BCUT2D eigenvalue weighted by molar-refractivity contribution is 5.26. The summed E-state index contributed by atoms with van der Waals surface area (Å²) in [6, 6.07) is 5.04.